The van der Waals surface area contributed by atoms with Crippen LogP contribution in [0.15, 0.2) is 24.3 Å². The zero-order chi connectivity index (χ0) is 13.9. The fraction of sp³-hybridized carbons (Fsp3) is 0.667. The standard InChI is InChI=1S/C18H28N2/c1-14(2)15-6-8-17(9-7-15)18(16-4-3-5-16)20-12-10-19-11-13-20/h6-9,14,16,18-19H,3-5,10-13H2,1-2H3. The second kappa shape index (κ2) is 6.28. The van der Waals surface area contributed by atoms with Gasteiger partial charge in [0, 0.05) is 32.2 Å². The SMILES string of the molecule is CC(C)c1ccc(C(C2CCC2)N2CCNCC2)cc1. The van der Waals surface area contributed by atoms with E-state index in [2.05, 4.69) is 48.3 Å². The maximum Gasteiger partial charge on any atom is 0.0377 e. The third-order valence-electron chi connectivity index (χ3n) is 5.09. The van der Waals surface area contributed by atoms with Crippen molar-refractivity contribution in [3.8, 4) is 0 Å². The average molecular weight is 272 g/mol. The molecule has 1 aliphatic carbocycles. The van der Waals surface area contributed by atoms with E-state index in [0.29, 0.717) is 12.0 Å². The fourth-order valence-electron chi connectivity index (χ4n) is 3.58. The van der Waals surface area contributed by atoms with E-state index in [0.717, 1.165) is 19.0 Å². The summed E-state index contributed by atoms with van der Waals surface area (Å²) in [5.74, 6) is 1.52. The van der Waals surface area contributed by atoms with Crippen molar-refractivity contribution in [3.63, 3.8) is 0 Å². The van der Waals surface area contributed by atoms with Crippen molar-refractivity contribution < 1.29 is 0 Å². The Morgan fingerprint density at radius 3 is 2.10 bits per heavy atom. The van der Waals surface area contributed by atoms with E-state index in [1.807, 2.05) is 0 Å². The molecule has 1 atom stereocenters. The highest BCUT2D eigenvalue weighted by Crippen LogP contribution is 2.41. The van der Waals surface area contributed by atoms with E-state index < -0.39 is 0 Å². The van der Waals surface area contributed by atoms with Crippen LogP contribution in [0.3, 0.4) is 0 Å². The lowest BCUT2D eigenvalue weighted by molar-refractivity contribution is 0.0837. The number of hydrogen-bond donors (Lipinski definition) is 1. The van der Waals surface area contributed by atoms with E-state index in [1.165, 1.54) is 37.9 Å². The van der Waals surface area contributed by atoms with Crippen LogP contribution in [0.25, 0.3) is 0 Å². The van der Waals surface area contributed by atoms with E-state index in [1.54, 1.807) is 5.56 Å². The molecule has 2 aliphatic rings. The van der Waals surface area contributed by atoms with Gasteiger partial charge in [-0.05, 0) is 35.8 Å². The Hall–Kier alpha value is -0.860. The third kappa shape index (κ3) is 2.91. The molecule has 1 saturated carbocycles. The largest absolute Gasteiger partial charge is 0.314 e. The van der Waals surface area contributed by atoms with Gasteiger partial charge in [-0.2, -0.15) is 0 Å². The van der Waals surface area contributed by atoms with Crippen molar-refractivity contribution in [2.45, 2.75) is 45.1 Å². The first-order valence-corrected chi connectivity index (χ1v) is 8.30. The summed E-state index contributed by atoms with van der Waals surface area (Å²) >= 11 is 0. The van der Waals surface area contributed by atoms with E-state index in [4.69, 9.17) is 0 Å². The Morgan fingerprint density at radius 2 is 1.60 bits per heavy atom. The normalized spacial score (nSPS) is 22.8. The Morgan fingerprint density at radius 1 is 1.00 bits per heavy atom. The van der Waals surface area contributed by atoms with Crippen molar-refractivity contribution in [2.75, 3.05) is 26.2 Å². The summed E-state index contributed by atoms with van der Waals surface area (Å²) in [6, 6.07) is 10.1. The zero-order valence-electron chi connectivity index (χ0n) is 12.9. The van der Waals surface area contributed by atoms with E-state index in [-0.39, 0.29) is 0 Å². The summed E-state index contributed by atoms with van der Waals surface area (Å²) < 4.78 is 0. The molecule has 110 valence electrons. The number of nitrogens with zero attached hydrogens (tertiary/aromatic N) is 1. The van der Waals surface area contributed by atoms with Crippen LogP contribution in [0.4, 0.5) is 0 Å². The first-order valence-electron chi connectivity index (χ1n) is 8.30. The number of hydrogen-bond acceptors (Lipinski definition) is 2. The lowest BCUT2D eigenvalue weighted by atomic mass is 9.76. The molecule has 1 aliphatic heterocycles. The van der Waals surface area contributed by atoms with Gasteiger partial charge in [0.1, 0.15) is 0 Å². The Kier molecular flexibility index (Phi) is 4.42. The molecule has 1 heterocycles. The molecule has 1 unspecified atom stereocenters. The van der Waals surface area contributed by atoms with Crippen LogP contribution < -0.4 is 5.32 Å². The number of piperazine rings is 1. The lowest BCUT2D eigenvalue weighted by Crippen LogP contribution is -2.47. The molecule has 1 aromatic rings. The van der Waals surface area contributed by atoms with Gasteiger partial charge < -0.3 is 5.32 Å². The predicted octanol–water partition coefficient (Wildman–Crippen LogP) is 3.56. The highest BCUT2D eigenvalue weighted by atomic mass is 15.2. The van der Waals surface area contributed by atoms with E-state index in [9.17, 15) is 0 Å². The van der Waals surface area contributed by atoms with Crippen LogP contribution in [0.5, 0.6) is 0 Å². The molecule has 2 nitrogen and oxygen atoms in total. The van der Waals surface area contributed by atoms with Gasteiger partial charge >= 0.3 is 0 Å². The van der Waals surface area contributed by atoms with Crippen molar-refractivity contribution in [3.05, 3.63) is 35.4 Å². The van der Waals surface area contributed by atoms with Gasteiger partial charge in [-0.1, -0.05) is 44.5 Å². The number of benzene rings is 1. The smallest absolute Gasteiger partial charge is 0.0377 e. The highest BCUT2D eigenvalue weighted by Gasteiger charge is 2.33. The monoisotopic (exact) mass is 272 g/mol. The van der Waals surface area contributed by atoms with Crippen LogP contribution in [0, 0.1) is 5.92 Å². The molecule has 20 heavy (non-hydrogen) atoms. The van der Waals surface area contributed by atoms with Crippen LogP contribution in [-0.2, 0) is 0 Å². The predicted molar refractivity (Wildman–Crippen MR) is 85.1 cm³/mol. The minimum atomic E-state index is 0.630. The molecule has 2 heteroatoms. The Bertz CT molecular complexity index is 414. The van der Waals surface area contributed by atoms with Crippen molar-refractivity contribution >= 4 is 0 Å². The Balaban J connectivity index is 1.80. The number of rotatable bonds is 4. The molecule has 1 aromatic carbocycles. The highest BCUT2D eigenvalue weighted by molar-refractivity contribution is 5.28. The quantitative estimate of drug-likeness (QED) is 0.901. The summed E-state index contributed by atoms with van der Waals surface area (Å²) in [4.78, 5) is 2.71. The molecular weight excluding hydrogens is 244 g/mol. The summed E-state index contributed by atoms with van der Waals surface area (Å²) in [5, 5.41) is 3.48. The minimum absolute atomic E-state index is 0.630. The van der Waals surface area contributed by atoms with Gasteiger partial charge in [-0.3, -0.25) is 4.90 Å². The summed E-state index contributed by atoms with van der Waals surface area (Å²) in [6.45, 7) is 9.24. The molecular formula is C18H28N2. The maximum atomic E-state index is 3.48. The van der Waals surface area contributed by atoms with Crippen LogP contribution >= 0.6 is 0 Å². The van der Waals surface area contributed by atoms with Gasteiger partial charge in [0.2, 0.25) is 0 Å². The molecule has 1 N–H and O–H groups in total. The van der Waals surface area contributed by atoms with Crippen molar-refractivity contribution in [2.24, 2.45) is 5.92 Å². The van der Waals surface area contributed by atoms with Gasteiger partial charge in [0.05, 0.1) is 0 Å². The maximum absolute atomic E-state index is 3.48. The first kappa shape index (κ1) is 14.1. The topological polar surface area (TPSA) is 15.3 Å². The van der Waals surface area contributed by atoms with Gasteiger partial charge in [-0.25, -0.2) is 0 Å². The van der Waals surface area contributed by atoms with Crippen molar-refractivity contribution in [1.29, 1.82) is 0 Å². The number of nitrogens with one attached hydrogen (secondary N) is 1. The molecule has 0 spiro atoms. The van der Waals surface area contributed by atoms with Crippen LogP contribution in [0.1, 0.15) is 56.2 Å². The molecule has 0 amide bonds. The summed E-state index contributed by atoms with van der Waals surface area (Å²) in [7, 11) is 0. The third-order valence-corrected chi connectivity index (χ3v) is 5.09. The molecule has 1 saturated heterocycles. The molecule has 0 radical (unpaired) electrons. The minimum Gasteiger partial charge on any atom is -0.314 e. The van der Waals surface area contributed by atoms with Gasteiger partial charge in [0.25, 0.3) is 0 Å². The molecule has 3 rings (SSSR count). The average Bonchev–Trinajstić information content (AvgIpc) is 2.44. The summed E-state index contributed by atoms with van der Waals surface area (Å²) in [5.41, 5.74) is 3.00. The first-order chi connectivity index (χ1) is 9.75. The molecule has 0 bridgehead atoms. The lowest BCUT2D eigenvalue weighted by Gasteiger charge is -2.43. The zero-order valence-corrected chi connectivity index (χ0v) is 12.9. The van der Waals surface area contributed by atoms with Crippen LogP contribution in [-0.4, -0.2) is 31.1 Å². The van der Waals surface area contributed by atoms with Gasteiger partial charge in [0.15, 0.2) is 0 Å². The van der Waals surface area contributed by atoms with E-state index >= 15 is 0 Å². The molecule has 0 aromatic heterocycles. The second-order valence-corrected chi connectivity index (χ2v) is 6.74. The second-order valence-electron chi connectivity index (χ2n) is 6.74. The van der Waals surface area contributed by atoms with Gasteiger partial charge in [-0.15, -0.1) is 0 Å². The molecule has 2 fully saturated rings. The van der Waals surface area contributed by atoms with Crippen molar-refractivity contribution in [1.82, 2.24) is 10.2 Å². The van der Waals surface area contributed by atoms with Crippen LogP contribution in [0.2, 0.25) is 0 Å². The Labute approximate surface area is 123 Å². The summed E-state index contributed by atoms with van der Waals surface area (Å²) in [6.07, 6.45) is 4.26. The fourth-order valence-corrected chi connectivity index (χ4v) is 3.58.